The lowest BCUT2D eigenvalue weighted by Crippen LogP contribution is -2.26. The minimum Gasteiger partial charge on any atom is -0.326 e. The number of nitrogens with zero attached hydrogens (tertiary/aromatic N) is 1. The van der Waals surface area contributed by atoms with Gasteiger partial charge < -0.3 is 15.5 Å². The molecule has 0 radical (unpaired) electrons. The van der Waals surface area contributed by atoms with E-state index in [2.05, 4.69) is 10.6 Å². The van der Waals surface area contributed by atoms with Crippen LogP contribution in [0, 0.1) is 0 Å². The first-order valence-corrected chi connectivity index (χ1v) is 8.45. The molecule has 6 nitrogen and oxygen atoms in total. The molecule has 6 heteroatoms. The standard InChI is InChI=1S/C20H23N3O3/c1-15(24)21-16-11-13-17(14-12-16)22-19(25)9-6-10-20(26)23(2)18-7-4-3-5-8-18/h3-5,7-8,11-14H,6,9-10H2,1-2H3,(H,21,24)(H,22,25). The van der Waals surface area contributed by atoms with E-state index < -0.39 is 0 Å². The number of anilines is 3. The Bertz CT molecular complexity index is 758. The smallest absolute Gasteiger partial charge is 0.226 e. The SMILES string of the molecule is CC(=O)Nc1ccc(NC(=O)CCCC(=O)N(C)c2ccccc2)cc1. The van der Waals surface area contributed by atoms with E-state index in [1.54, 1.807) is 36.2 Å². The highest BCUT2D eigenvalue weighted by Crippen LogP contribution is 2.15. The number of benzene rings is 2. The highest BCUT2D eigenvalue weighted by Gasteiger charge is 2.11. The van der Waals surface area contributed by atoms with Crippen LogP contribution in [-0.2, 0) is 14.4 Å². The van der Waals surface area contributed by atoms with E-state index in [1.807, 2.05) is 30.3 Å². The predicted molar refractivity (Wildman–Crippen MR) is 103 cm³/mol. The van der Waals surface area contributed by atoms with Crippen molar-refractivity contribution in [3.05, 3.63) is 54.6 Å². The first kappa shape index (κ1) is 19.2. The van der Waals surface area contributed by atoms with E-state index in [1.165, 1.54) is 6.92 Å². The normalized spacial score (nSPS) is 10.1. The van der Waals surface area contributed by atoms with E-state index in [-0.39, 0.29) is 24.1 Å². The summed E-state index contributed by atoms with van der Waals surface area (Å²) in [6, 6.07) is 16.3. The molecule has 3 amide bonds. The quantitative estimate of drug-likeness (QED) is 0.800. The van der Waals surface area contributed by atoms with Crippen LogP contribution in [0.3, 0.4) is 0 Å². The molecule has 0 aliphatic carbocycles. The number of rotatable bonds is 7. The van der Waals surface area contributed by atoms with Crippen molar-refractivity contribution >= 4 is 34.8 Å². The Morgan fingerprint density at radius 1 is 0.846 bits per heavy atom. The molecular weight excluding hydrogens is 330 g/mol. The summed E-state index contributed by atoms with van der Waals surface area (Å²) in [6.07, 6.45) is 1.05. The molecule has 0 aliphatic heterocycles. The molecular formula is C20H23N3O3. The molecule has 2 rings (SSSR count). The average molecular weight is 353 g/mol. The summed E-state index contributed by atoms with van der Waals surface area (Å²) in [4.78, 5) is 36.7. The van der Waals surface area contributed by atoms with Gasteiger partial charge in [-0.3, -0.25) is 14.4 Å². The number of para-hydroxylation sites is 1. The molecule has 26 heavy (non-hydrogen) atoms. The minimum absolute atomic E-state index is 0.0244. The van der Waals surface area contributed by atoms with Gasteiger partial charge in [0.15, 0.2) is 0 Å². The summed E-state index contributed by atoms with van der Waals surface area (Å²) in [5, 5.41) is 5.44. The van der Waals surface area contributed by atoms with Gasteiger partial charge in [0.2, 0.25) is 17.7 Å². The molecule has 0 unspecified atom stereocenters. The number of hydrogen-bond acceptors (Lipinski definition) is 3. The summed E-state index contributed by atoms with van der Waals surface area (Å²) in [5.74, 6) is -0.317. The van der Waals surface area contributed by atoms with Crippen LogP contribution in [0.4, 0.5) is 17.1 Å². The molecule has 0 fully saturated rings. The first-order chi connectivity index (χ1) is 12.5. The number of nitrogens with one attached hydrogen (secondary N) is 2. The Kier molecular flexibility index (Phi) is 6.91. The maximum absolute atomic E-state index is 12.2. The van der Waals surface area contributed by atoms with Crippen molar-refractivity contribution in [2.45, 2.75) is 26.2 Å². The van der Waals surface area contributed by atoms with Gasteiger partial charge in [0.05, 0.1) is 0 Å². The number of hydrogen-bond donors (Lipinski definition) is 2. The highest BCUT2D eigenvalue weighted by atomic mass is 16.2. The zero-order valence-electron chi connectivity index (χ0n) is 15.0. The van der Waals surface area contributed by atoms with Crippen LogP contribution in [0.25, 0.3) is 0 Å². The number of carbonyl (C=O) groups excluding carboxylic acids is 3. The second-order valence-electron chi connectivity index (χ2n) is 5.95. The van der Waals surface area contributed by atoms with Crippen LogP contribution in [0.1, 0.15) is 26.2 Å². The Labute approximate surface area is 153 Å². The van der Waals surface area contributed by atoms with Gasteiger partial charge in [-0.1, -0.05) is 18.2 Å². The van der Waals surface area contributed by atoms with Crippen molar-refractivity contribution in [1.82, 2.24) is 0 Å². The van der Waals surface area contributed by atoms with Crippen LogP contribution in [0.2, 0.25) is 0 Å². The molecule has 136 valence electrons. The van der Waals surface area contributed by atoms with Crippen molar-refractivity contribution in [3.63, 3.8) is 0 Å². The van der Waals surface area contributed by atoms with Crippen LogP contribution in [-0.4, -0.2) is 24.8 Å². The summed E-state index contributed by atoms with van der Waals surface area (Å²) in [7, 11) is 1.73. The van der Waals surface area contributed by atoms with Crippen molar-refractivity contribution < 1.29 is 14.4 Å². The number of carbonyl (C=O) groups is 3. The fraction of sp³-hybridized carbons (Fsp3) is 0.250. The minimum atomic E-state index is -0.146. The van der Waals surface area contributed by atoms with Gasteiger partial charge >= 0.3 is 0 Å². The zero-order chi connectivity index (χ0) is 18.9. The third-order valence-corrected chi connectivity index (χ3v) is 3.80. The molecule has 2 N–H and O–H groups in total. The lowest BCUT2D eigenvalue weighted by atomic mass is 10.2. The Hall–Kier alpha value is -3.15. The van der Waals surface area contributed by atoms with E-state index >= 15 is 0 Å². The summed E-state index contributed by atoms with van der Waals surface area (Å²) >= 11 is 0. The Morgan fingerprint density at radius 2 is 1.42 bits per heavy atom. The van der Waals surface area contributed by atoms with E-state index in [0.717, 1.165) is 5.69 Å². The van der Waals surface area contributed by atoms with E-state index in [0.29, 0.717) is 24.2 Å². The number of amides is 3. The third-order valence-electron chi connectivity index (χ3n) is 3.80. The third kappa shape index (κ3) is 6.05. The Morgan fingerprint density at radius 3 is 2.00 bits per heavy atom. The lowest BCUT2D eigenvalue weighted by Gasteiger charge is -2.17. The van der Waals surface area contributed by atoms with E-state index in [4.69, 9.17) is 0 Å². The zero-order valence-corrected chi connectivity index (χ0v) is 15.0. The molecule has 0 spiro atoms. The maximum atomic E-state index is 12.2. The van der Waals surface area contributed by atoms with Gasteiger partial charge in [-0.15, -0.1) is 0 Å². The summed E-state index contributed by atoms with van der Waals surface area (Å²) in [5.41, 5.74) is 2.16. The Balaban J connectivity index is 1.74. The van der Waals surface area contributed by atoms with Crippen molar-refractivity contribution in [2.24, 2.45) is 0 Å². The first-order valence-electron chi connectivity index (χ1n) is 8.45. The predicted octanol–water partition coefficient (Wildman–Crippen LogP) is 3.42. The van der Waals surface area contributed by atoms with Crippen molar-refractivity contribution in [2.75, 3.05) is 22.6 Å². The van der Waals surface area contributed by atoms with Gasteiger partial charge in [-0.05, 0) is 42.8 Å². The van der Waals surface area contributed by atoms with Crippen LogP contribution < -0.4 is 15.5 Å². The van der Waals surface area contributed by atoms with Crippen LogP contribution in [0.5, 0.6) is 0 Å². The molecule has 0 aliphatic rings. The van der Waals surface area contributed by atoms with Gasteiger partial charge in [0.25, 0.3) is 0 Å². The molecule has 0 bridgehead atoms. The van der Waals surface area contributed by atoms with Gasteiger partial charge in [-0.25, -0.2) is 0 Å². The average Bonchev–Trinajstić information content (AvgIpc) is 2.63. The van der Waals surface area contributed by atoms with Crippen molar-refractivity contribution in [1.29, 1.82) is 0 Å². The second-order valence-corrected chi connectivity index (χ2v) is 5.95. The van der Waals surface area contributed by atoms with E-state index in [9.17, 15) is 14.4 Å². The molecule has 0 saturated heterocycles. The fourth-order valence-electron chi connectivity index (χ4n) is 2.43. The molecule has 0 aromatic heterocycles. The summed E-state index contributed by atoms with van der Waals surface area (Å²) < 4.78 is 0. The monoisotopic (exact) mass is 353 g/mol. The maximum Gasteiger partial charge on any atom is 0.226 e. The van der Waals surface area contributed by atoms with Crippen molar-refractivity contribution in [3.8, 4) is 0 Å². The molecule has 0 heterocycles. The fourth-order valence-corrected chi connectivity index (χ4v) is 2.43. The topological polar surface area (TPSA) is 78.5 Å². The van der Waals surface area contributed by atoms with Gasteiger partial charge in [0, 0.05) is 43.9 Å². The molecule has 2 aromatic rings. The van der Waals surface area contributed by atoms with Crippen LogP contribution in [0.15, 0.2) is 54.6 Å². The van der Waals surface area contributed by atoms with Gasteiger partial charge in [0.1, 0.15) is 0 Å². The molecule has 0 atom stereocenters. The lowest BCUT2D eigenvalue weighted by molar-refractivity contribution is -0.119. The van der Waals surface area contributed by atoms with Crippen LogP contribution >= 0.6 is 0 Å². The second kappa shape index (κ2) is 9.36. The molecule has 0 saturated carbocycles. The summed E-state index contributed by atoms with van der Waals surface area (Å²) in [6.45, 7) is 1.44. The largest absolute Gasteiger partial charge is 0.326 e. The molecule has 2 aromatic carbocycles. The van der Waals surface area contributed by atoms with Gasteiger partial charge in [-0.2, -0.15) is 0 Å². The highest BCUT2D eigenvalue weighted by molar-refractivity contribution is 5.94.